The fourth-order valence-electron chi connectivity index (χ4n) is 5.96. The summed E-state index contributed by atoms with van der Waals surface area (Å²) < 4.78 is 67.8. The van der Waals surface area contributed by atoms with E-state index in [1.54, 1.807) is 0 Å². The number of H-pyrrole nitrogens is 1. The highest BCUT2D eigenvalue weighted by Gasteiger charge is 2.58. The van der Waals surface area contributed by atoms with Gasteiger partial charge in [0.2, 0.25) is 0 Å². The molecule has 202 valence electrons. The molecule has 0 saturated heterocycles. The molecule has 0 aliphatic heterocycles. The number of hydrogen-bond donors (Lipinski definition) is 3. The van der Waals surface area contributed by atoms with Crippen LogP contribution in [0.1, 0.15) is 42.4 Å². The van der Waals surface area contributed by atoms with Gasteiger partial charge in [-0.3, -0.25) is 4.79 Å². The van der Waals surface area contributed by atoms with E-state index in [-0.39, 0.29) is 58.2 Å². The van der Waals surface area contributed by atoms with E-state index in [0.717, 1.165) is 6.07 Å². The van der Waals surface area contributed by atoms with Gasteiger partial charge in [-0.25, -0.2) is 21.6 Å². The normalized spacial score (nSPS) is 26.9. The SMILES string of the molecule is C[C@H]1CC2CC(S(=O)(=O)c3cc(C(=O)Nc4cc(F)c(F)c(F)c4)ccc3Cl)CC1[C@@]2(O)Cc1nn[nH]n1. The van der Waals surface area contributed by atoms with Crippen molar-refractivity contribution >= 4 is 33.0 Å². The summed E-state index contributed by atoms with van der Waals surface area (Å²) in [5, 5.41) is 26.6. The van der Waals surface area contributed by atoms with E-state index in [9.17, 15) is 31.5 Å². The molecule has 38 heavy (non-hydrogen) atoms. The maximum Gasteiger partial charge on any atom is 0.255 e. The van der Waals surface area contributed by atoms with E-state index in [1.165, 1.54) is 12.1 Å². The predicted molar refractivity (Wildman–Crippen MR) is 130 cm³/mol. The molecule has 2 aromatic carbocycles. The average Bonchev–Trinajstić information content (AvgIpc) is 3.37. The Bertz CT molecular complexity index is 1480. The Morgan fingerprint density at radius 1 is 1.18 bits per heavy atom. The Morgan fingerprint density at radius 3 is 2.53 bits per heavy atom. The predicted octanol–water partition coefficient (Wildman–Crippen LogP) is 3.70. The molecule has 9 nitrogen and oxygen atoms in total. The van der Waals surface area contributed by atoms with Gasteiger partial charge in [-0.2, -0.15) is 5.21 Å². The molecule has 0 radical (unpaired) electrons. The van der Waals surface area contributed by atoms with E-state index in [2.05, 4.69) is 25.9 Å². The summed E-state index contributed by atoms with van der Waals surface area (Å²) in [5.41, 5.74) is -1.65. The maximum absolute atomic E-state index is 13.7. The van der Waals surface area contributed by atoms with Crippen molar-refractivity contribution < 1.29 is 31.5 Å². The minimum Gasteiger partial charge on any atom is -0.389 e. The molecule has 3 N–H and O–H groups in total. The Labute approximate surface area is 220 Å². The molecule has 0 spiro atoms. The zero-order valence-corrected chi connectivity index (χ0v) is 21.5. The Kier molecular flexibility index (Phi) is 6.72. The Morgan fingerprint density at radius 2 is 1.89 bits per heavy atom. The van der Waals surface area contributed by atoms with Crippen LogP contribution in [0.4, 0.5) is 18.9 Å². The first-order valence-corrected chi connectivity index (χ1v) is 13.8. The molecule has 2 saturated carbocycles. The monoisotopic (exact) mass is 569 g/mol. The number of rotatable bonds is 6. The molecular weight excluding hydrogens is 547 g/mol. The van der Waals surface area contributed by atoms with Crippen LogP contribution in [-0.4, -0.2) is 50.9 Å². The minimum absolute atomic E-state index is 0.0567. The molecule has 2 fully saturated rings. The number of benzene rings is 2. The number of nitrogens with zero attached hydrogens (tertiary/aromatic N) is 3. The quantitative estimate of drug-likeness (QED) is 0.385. The van der Waals surface area contributed by atoms with Crippen LogP contribution in [0.25, 0.3) is 0 Å². The van der Waals surface area contributed by atoms with Crippen molar-refractivity contribution in [2.75, 3.05) is 5.32 Å². The van der Waals surface area contributed by atoms with Gasteiger partial charge >= 0.3 is 0 Å². The molecule has 2 bridgehead atoms. The minimum atomic E-state index is -4.04. The van der Waals surface area contributed by atoms with Crippen LogP contribution in [0.2, 0.25) is 5.02 Å². The zero-order chi connectivity index (χ0) is 27.4. The number of hydrogen-bond acceptors (Lipinski definition) is 7. The van der Waals surface area contributed by atoms with Gasteiger partial charge in [0.05, 0.1) is 20.8 Å². The van der Waals surface area contributed by atoms with Crippen LogP contribution >= 0.6 is 11.6 Å². The highest BCUT2D eigenvalue weighted by Crippen LogP contribution is 2.55. The molecule has 2 aliphatic carbocycles. The topological polar surface area (TPSA) is 138 Å². The fraction of sp³-hybridized carbons (Fsp3) is 0.417. The van der Waals surface area contributed by atoms with E-state index in [0.29, 0.717) is 24.4 Å². The number of anilines is 1. The summed E-state index contributed by atoms with van der Waals surface area (Å²) in [4.78, 5) is 12.5. The number of fused-ring (bicyclic) bond motifs is 2. The van der Waals surface area contributed by atoms with Crippen molar-refractivity contribution in [2.45, 2.75) is 48.4 Å². The van der Waals surface area contributed by atoms with Crippen LogP contribution in [0.15, 0.2) is 35.2 Å². The molecule has 14 heteroatoms. The van der Waals surface area contributed by atoms with E-state index < -0.39 is 44.0 Å². The van der Waals surface area contributed by atoms with Gasteiger partial charge in [0.1, 0.15) is 0 Å². The van der Waals surface area contributed by atoms with Crippen LogP contribution in [0.5, 0.6) is 0 Å². The lowest BCUT2D eigenvalue weighted by molar-refractivity contribution is -0.0641. The van der Waals surface area contributed by atoms with Gasteiger partial charge in [0.25, 0.3) is 5.91 Å². The van der Waals surface area contributed by atoms with Crippen LogP contribution in [0.3, 0.4) is 0 Å². The molecule has 1 amide bonds. The van der Waals surface area contributed by atoms with Gasteiger partial charge in [-0.05, 0) is 55.2 Å². The Hall–Kier alpha value is -3.03. The number of carbonyl (C=O) groups is 1. The van der Waals surface area contributed by atoms with Crippen LogP contribution in [-0.2, 0) is 16.3 Å². The highest BCUT2D eigenvalue weighted by atomic mass is 35.5. The second-order valence-electron chi connectivity index (χ2n) is 10.0. The number of amides is 1. The van der Waals surface area contributed by atoms with E-state index >= 15 is 0 Å². The van der Waals surface area contributed by atoms with Gasteiger partial charge in [-0.15, -0.1) is 10.2 Å². The van der Waals surface area contributed by atoms with Crippen LogP contribution < -0.4 is 5.32 Å². The molecule has 5 rings (SSSR count). The van der Waals surface area contributed by atoms with Crippen molar-refractivity contribution in [3.05, 3.63) is 64.2 Å². The van der Waals surface area contributed by atoms with E-state index in [1.807, 2.05) is 6.92 Å². The molecule has 2 aliphatic rings. The summed E-state index contributed by atoms with van der Waals surface area (Å²) in [6, 6.07) is 4.84. The number of aliphatic hydroxyl groups is 1. The first-order valence-electron chi connectivity index (χ1n) is 11.8. The largest absolute Gasteiger partial charge is 0.389 e. The third-order valence-electron chi connectivity index (χ3n) is 7.77. The number of nitrogens with one attached hydrogen (secondary N) is 2. The number of tetrazole rings is 1. The third kappa shape index (κ3) is 4.56. The molecule has 1 aromatic heterocycles. The summed E-state index contributed by atoms with van der Waals surface area (Å²) >= 11 is 6.26. The number of aromatic amines is 1. The second-order valence-corrected chi connectivity index (χ2v) is 12.6. The summed E-state index contributed by atoms with van der Waals surface area (Å²) in [6.07, 6.45) is 1.14. The van der Waals surface area contributed by atoms with Crippen LogP contribution in [0, 0.1) is 35.2 Å². The first-order chi connectivity index (χ1) is 17.9. The standard InChI is InChI=1S/C24H23ClF3N5O4S/c1-11-4-13-6-15(9-16(11)24(13,35)10-21-30-32-33-31-21)38(36,37)20-5-12(2-3-17(20)25)23(34)29-14-7-18(26)22(28)19(27)8-14/h2-3,5,7-8,11,13,15-16,35H,4,6,9-10H2,1H3,(H,29,34)(H,30,31,32,33)/t11-,13?,15?,16?,24+/m0/s1. The van der Waals surface area contributed by atoms with E-state index in [4.69, 9.17) is 11.6 Å². The number of halogens is 4. The highest BCUT2D eigenvalue weighted by molar-refractivity contribution is 7.92. The lowest BCUT2D eigenvalue weighted by Gasteiger charge is -2.42. The molecular formula is C24H23ClF3N5O4S. The zero-order valence-electron chi connectivity index (χ0n) is 20.0. The third-order valence-corrected chi connectivity index (χ3v) is 10.4. The first kappa shape index (κ1) is 26.6. The van der Waals surface area contributed by atoms with Gasteiger partial charge in [0.15, 0.2) is 33.1 Å². The van der Waals surface area contributed by atoms with Crippen molar-refractivity contribution in [1.29, 1.82) is 0 Å². The second kappa shape index (κ2) is 9.62. The molecule has 1 heterocycles. The number of aromatic nitrogens is 4. The van der Waals surface area contributed by atoms with Gasteiger partial charge < -0.3 is 10.4 Å². The smallest absolute Gasteiger partial charge is 0.255 e. The van der Waals surface area contributed by atoms with Crippen molar-refractivity contribution in [2.24, 2.45) is 17.8 Å². The summed E-state index contributed by atoms with van der Waals surface area (Å²) in [5.74, 6) is -5.78. The summed E-state index contributed by atoms with van der Waals surface area (Å²) in [7, 11) is -4.04. The van der Waals surface area contributed by atoms with Gasteiger partial charge in [-0.1, -0.05) is 23.7 Å². The molecule has 3 aromatic rings. The van der Waals surface area contributed by atoms with Gasteiger partial charge in [0, 0.05) is 29.8 Å². The molecule has 5 atom stereocenters. The Balaban J connectivity index is 1.40. The lowest BCUT2D eigenvalue weighted by Crippen LogP contribution is -2.50. The summed E-state index contributed by atoms with van der Waals surface area (Å²) in [6.45, 7) is 1.97. The maximum atomic E-state index is 13.7. The van der Waals surface area contributed by atoms with Crippen molar-refractivity contribution in [1.82, 2.24) is 20.6 Å². The number of carbonyl (C=O) groups excluding carboxylic acids is 1. The average molecular weight is 570 g/mol. The number of sulfone groups is 1. The van der Waals surface area contributed by atoms with Crippen molar-refractivity contribution in [3.63, 3.8) is 0 Å². The fourth-order valence-corrected chi connectivity index (χ4v) is 8.34. The van der Waals surface area contributed by atoms with Crippen molar-refractivity contribution in [3.8, 4) is 0 Å². The lowest BCUT2D eigenvalue weighted by atomic mass is 9.71. The molecule has 3 unspecified atom stereocenters.